The molecule has 3 aromatic rings. The molecule has 3 rings (SSSR count). The summed E-state index contributed by atoms with van der Waals surface area (Å²) in [5.41, 5.74) is 3.07. The number of carbonyl (C=O) groups is 1. The van der Waals surface area contributed by atoms with E-state index in [9.17, 15) is 4.79 Å². The summed E-state index contributed by atoms with van der Waals surface area (Å²) in [6.07, 6.45) is 1.50. The highest BCUT2D eigenvalue weighted by Gasteiger charge is 2.08. The van der Waals surface area contributed by atoms with E-state index in [4.69, 9.17) is 14.6 Å². The zero-order valence-electron chi connectivity index (χ0n) is 17.9. The van der Waals surface area contributed by atoms with E-state index in [1.54, 1.807) is 30.3 Å². The van der Waals surface area contributed by atoms with Crippen molar-refractivity contribution in [2.24, 2.45) is 0 Å². The molecule has 0 amide bonds. The van der Waals surface area contributed by atoms with Crippen LogP contribution in [0.3, 0.4) is 0 Å². The van der Waals surface area contributed by atoms with E-state index in [0.29, 0.717) is 38.0 Å². The van der Waals surface area contributed by atoms with Crippen molar-refractivity contribution < 1.29 is 19.4 Å². The van der Waals surface area contributed by atoms with Gasteiger partial charge < -0.3 is 19.9 Å². The Labute approximate surface area is 196 Å². The quantitative estimate of drug-likeness (QED) is 0.269. The van der Waals surface area contributed by atoms with Gasteiger partial charge in [-0.3, -0.25) is 0 Å². The molecule has 2 N–H and O–H groups in total. The second kappa shape index (κ2) is 12.0. The molecule has 8 heteroatoms. The number of rotatable bonds is 12. The van der Waals surface area contributed by atoms with Crippen LogP contribution in [0.2, 0.25) is 0 Å². The fourth-order valence-corrected chi connectivity index (χ4v) is 3.20. The van der Waals surface area contributed by atoms with Crippen LogP contribution in [0.15, 0.2) is 54.6 Å². The minimum Gasteiger partial charge on any atom is -0.494 e. The number of ether oxygens (including phenoxy) is 2. The average molecular weight is 500 g/mol. The summed E-state index contributed by atoms with van der Waals surface area (Å²) in [7, 11) is 0. The number of nitrogens with zero attached hydrogens (tertiary/aromatic N) is 2. The van der Waals surface area contributed by atoms with Gasteiger partial charge in [0, 0.05) is 24.4 Å². The molecule has 0 saturated carbocycles. The minimum atomic E-state index is -0.942. The lowest BCUT2D eigenvalue weighted by molar-refractivity contribution is 0.0697. The summed E-state index contributed by atoms with van der Waals surface area (Å²) in [6, 6.07) is 16.5. The number of nitrogens with one attached hydrogen (secondary N) is 1. The van der Waals surface area contributed by atoms with E-state index < -0.39 is 5.97 Å². The Kier molecular flexibility index (Phi) is 8.86. The van der Waals surface area contributed by atoms with Crippen molar-refractivity contribution in [2.75, 3.05) is 23.9 Å². The Bertz CT molecular complexity index is 1010. The lowest BCUT2D eigenvalue weighted by Crippen LogP contribution is -2.08. The smallest absolute Gasteiger partial charge is 0.335 e. The summed E-state index contributed by atoms with van der Waals surface area (Å²) < 4.78 is 11.3. The van der Waals surface area contributed by atoms with Crippen molar-refractivity contribution in [3.8, 4) is 11.6 Å². The second-order valence-corrected chi connectivity index (χ2v) is 7.81. The first kappa shape index (κ1) is 23.5. The lowest BCUT2D eigenvalue weighted by atomic mass is 10.1. The van der Waals surface area contributed by atoms with Crippen LogP contribution < -0.4 is 14.8 Å². The molecule has 0 radical (unpaired) electrons. The Morgan fingerprint density at radius 3 is 2.41 bits per heavy atom. The molecule has 0 aliphatic rings. The Hall–Kier alpha value is -3.13. The number of carboxylic acids is 1. The van der Waals surface area contributed by atoms with Crippen molar-refractivity contribution in [3.63, 3.8) is 0 Å². The number of benzene rings is 2. The molecule has 0 saturated heterocycles. The van der Waals surface area contributed by atoms with Crippen LogP contribution in [0.25, 0.3) is 0 Å². The monoisotopic (exact) mass is 499 g/mol. The van der Waals surface area contributed by atoms with E-state index in [0.717, 1.165) is 34.3 Å². The van der Waals surface area contributed by atoms with E-state index in [2.05, 4.69) is 31.2 Å². The number of aromatic nitrogens is 2. The maximum Gasteiger partial charge on any atom is 0.335 e. The molecule has 0 fully saturated rings. The predicted molar refractivity (Wildman–Crippen MR) is 127 cm³/mol. The summed E-state index contributed by atoms with van der Waals surface area (Å²) in [5.74, 6) is 0.881. The summed E-state index contributed by atoms with van der Waals surface area (Å²) in [4.78, 5) is 20.1. The van der Waals surface area contributed by atoms with Crippen LogP contribution in [0.4, 0.5) is 5.95 Å². The molecule has 2 aromatic carbocycles. The van der Waals surface area contributed by atoms with Crippen LogP contribution in [0, 0.1) is 0 Å². The number of aromatic carboxylic acids is 1. The highest BCUT2D eigenvalue weighted by molar-refractivity contribution is 9.09. The van der Waals surface area contributed by atoms with E-state index in [1.807, 2.05) is 31.2 Å². The Morgan fingerprint density at radius 2 is 1.75 bits per heavy atom. The SMILES string of the molecule is CCOc1cc(Cc2ccc(C(=O)O)cc2)nc(NCc2ccc(OCCCBr)cc2)n1. The highest BCUT2D eigenvalue weighted by Crippen LogP contribution is 2.18. The molecular formula is C24H26BrN3O4. The normalized spacial score (nSPS) is 10.6. The van der Waals surface area contributed by atoms with E-state index in [1.165, 1.54) is 0 Å². The van der Waals surface area contributed by atoms with Gasteiger partial charge in [-0.2, -0.15) is 4.98 Å². The number of hydrogen-bond donors (Lipinski definition) is 2. The lowest BCUT2D eigenvalue weighted by Gasteiger charge is -2.11. The third kappa shape index (κ3) is 7.23. The number of halogens is 1. The van der Waals surface area contributed by atoms with Gasteiger partial charge in [-0.1, -0.05) is 40.2 Å². The Balaban J connectivity index is 1.66. The average Bonchev–Trinajstić information content (AvgIpc) is 2.79. The maximum atomic E-state index is 11.0. The molecule has 0 unspecified atom stereocenters. The van der Waals surface area contributed by atoms with Gasteiger partial charge in [0.05, 0.1) is 24.5 Å². The molecule has 168 valence electrons. The summed E-state index contributed by atoms with van der Waals surface area (Å²) >= 11 is 3.39. The third-order valence-electron chi connectivity index (χ3n) is 4.55. The van der Waals surface area contributed by atoms with Crippen molar-refractivity contribution in [1.82, 2.24) is 9.97 Å². The van der Waals surface area contributed by atoms with Gasteiger partial charge in [0.2, 0.25) is 11.8 Å². The number of anilines is 1. The first-order chi connectivity index (χ1) is 15.6. The van der Waals surface area contributed by atoms with Crippen molar-refractivity contribution >= 4 is 27.8 Å². The van der Waals surface area contributed by atoms with Crippen LogP contribution in [-0.4, -0.2) is 39.6 Å². The topological polar surface area (TPSA) is 93.6 Å². The first-order valence-electron chi connectivity index (χ1n) is 10.4. The van der Waals surface area contributed by atoms with Crippen molar-refractivity contribution in [2.45, 2.75) is 26.3 Å². The molecule has 0 atom stereocenters. The third-order valence-corrected chi connectivity index (χ3v) is 5.12. The first-order valence-corrected chi connectivity index (χ1v) is 11.5. The van der Waals surface area contributed by atoms with E-state index in [-0.39, 0.29) is 5.56 Å². The zero-order chi connectivity index (χ0) is 22.8. The molecule has 1 heterocycles. The highest BCUT2D eigenvalue weighted by atomic mass is 79.9. The molecule has 0 aliphatic heterocycles. The van der Waals surface area contributed by atoms with Crippen LogP contribution >= 0.6 is 15.9 Å². The fraction of sp³-hybridized carbons (Fsp3) is 0.292. The van der Waals surface area contributed by atoms with Crippen LogP contribution in [0.1, 0.15) is 40.5 Å². The van der Waals surface area contributed by atoms with Gasteiger partial charge in [0.1, 0.15) is 5.75 Å². The van der Waals surface area contributed by atoms with Gasteiger partial charge in [-0.25, -0.2) is 9.78 Å². The van der Waals surface area contributed by atoms with Gasteiger partial charge in [0.15, 0.2) is 0 Å². The molecule has 0 spiro atoms. The molecule has 1 aromatic heterocycles. The second-order valence-electron chi connectivity index (χ2n) is 7.02. The molecule has 0 bridgehead atoms. The molecule has 0 aliphatic carbocycles. The van der Waals surface area contributed by atoms with Gasteiger partial charge in [-0.05, 0) is 48.7 Å². The maximum absolute atomic E-state index is 11.0. The predicted octanol–water partition coefficient (Wildman–Crippen LogP) is 4.94. The van der Waals surface area contributed by atoms with E-state index >= 15 is 0 Å². The largest absolute Gasteiger partial charge is 0.494 e. The number of hydrogen-bond acceptors (Lipinski definition) is 6. The summed E-state index contributed by atoms with van der Waals surface area (Å²) in [5, 5.41) is 13.2. The number of alkyl halides is 1. The Morgan fingerprint density at radius 1 is 1.03 bits per heavy atom. The van der Waals surface area contributed by atoms with Gasteiger partial charge in [-0.15, -0.1) is 0 Å². The van der Waals surface area contributed by atoms with Crippen molar-refractivity contribution in [3.05, 3.63) is 77.0 Å². The standard InChI is InChI=1S/C24H26BrN3O4/c1-2-31-22-15-20(14-17-4-8-19(9-5-17)23(29)30)27-24(28-22)26-16-18-6-10-21(11-7-18)32-13-3-12-25/h4-11,15H,2-3,12-14,16H2,1H3,(H,29,30)(H,26,27,28). The minimum absolute atomic E-state index is 0.258. The fourth-order valence-electron chi connectivity index (χ4n) is 2.97. The molecule has 32 heavy (non-hydrogen) atoms. The van der Waals surface area contributed by atoms with Crippen molar-refractivity contribution in [1.29, 1.82) is 0 Å². The molecule has 7 nitrogen and oxygen atoms in total. The van der Waals surface area contributed by atoms with Crippen LogP contribution in [-0.2, 0) is 13.0 Å². The van der Waals surface area contributed by atoms with Gasteiger partial charge in [0.25, 0.3) is 0 Å². The molecular weight excluding hydrogens is 474 g/mol. The van der Waals surface area contributed by atoms with Gasteiger partial charge >= 0.3 is 5.97 Å². The number of carboxylic acid groups (broad SMARTS) is 1. The zero-order valence-corrected chi connectivity index (χ0v) is 19.5. The van der Waals surface area contributed by atoms with Crippen LogP contribution in [0.5, 0.6) is 11.6 Å². The summed E-state index contributed by atoms with van der Waals surface area (Å²) in [6.45, 7) is 3.65.